The summed E-state index contributed by atoms with van der Waals surface area (Å²) in [5.41, 5.74) is 1.93. The molecule has 3 rings (SSSR count). The second-order valence-corrected chi connectivity index (χ2v) is 6.17. The first-order valence-electron chi connectivity index (χ1n) is 6.07. The molecule has 2 heteroatoms. The Hall–Kier alpha value is -0.340. The molecule has 2 heterocycles. The zero-order chi connectivity index (χ0) is 10.5. The van der Waals surface area contributed by atoms with Crippen LogP contribution in [0.4, 0.5) is 0 Å². The predicted molar refractivity (Wildman–Crippen MR) is 65.3 cm³/mol. The molecule has 1 nitrogen and oxygen atoms in total. The molecule has 1 N–H and O–H groups in total. The zero-order valence-corrected chi connectivity index (χ0v) is 10.4. The van der Waals surface area contributed by atoms with Gasteiger partial charge in [0.15, 0.2) is 0 Å². The molecule has 15 heavy (non-hydrogen) atoms. The van der Waals surface area contributed by atoms with Crippen molar-refractivity contribution in [3.8, 4) is 0 Å². The summed E-state index contributed by atoms with van der Waals surface area (Å²) in [4.78, 5) is 1.64. The monoisotopic (exact) mass is 221 g/mol. The Morgan fingerprint density at radius 2 is 2.27 bits per heavy atom. The first kappa shape index (κ1) is 9.86. The summed E-state index contributed by atoms with van der Waals surface area (Å²) in [6.07, 6.45) is 4.06. The summed E-state index contributed by atoms with van der Waals surface area (Å²) in [5.74, 6) is 1.61. The van der Waals surface area contributed by atoms with Crippen molar-refractivity contribution in [2.45, 2.75) is 38.6 Å². The van der Waals surface area contributed by atoms with Gasteiger partial charge in [-0.2, -0.15) is 0 Å². The summed E-state index contributed by atoms with van der Waals surface area (Å²) in [6.45, 7) is 5.92. The lowest BCUT2D eigenvalue weighted by atomic mass is 9.76. The molecule has 1 fully saturated rings. The van der Waals surface area contributed by atoms with Crippen LogP contribution in [-0.2, 0) is 12.0 Å². The molecule has 1 aliphatic carbocycles. The molecular formula is C13H19NS. The van der Waals surface area contributed by atoms with Gasteiger partial charge in [-0.1, -0.05) is 13.8 Å². The lowest BCUT2D eigenvalue weighted by Crippen LogP contribution is -2.52. The van der Waals surface area contributed by atoms with Crippen LogP contribution in [-0.4, -0.2) is 6.54 Å². The van der Waals surface area contributed by atoms with E-state index in [1.165, 1.54) is 25.8 Å². The van der Waals surface area contributed by atoms with Crippen LogP contribution >= 0.6 is 11.3 Å². The highest BCUT2D eigenvalue weighted by Gasteiger charge is 2.50. The van der Waals surface area contributed by atoms with Crippen molar-refractivity contribution in [3.63, 3.8) is 0 Å². The molecule has 1 unspecified atom stereocenters. The molecule has 2 aliphatic rings. The fourth-order valence-electron chi connectivity index (χ4n) is 3.19. The van der Waals surface area contributed by atoms with E-state index in [2.05, 4.69) is 30.6 Å². The van der Waals surface area contributed by atoms with Crippen LogP contribution < -0.4 is 5.32 Å². The van der Waals surface area contributed by atoms with Gasteiger partial charge in [-0.3, -0.25) is 0 Å². The van der Waals surface area contributed by atoms with E-state index in [0.29, 0.717) is 11.5 Å². The van der Waals surface area contributed by atoms with Crippen LogP contribution in [0.25, 0.3) is 0 Å². The minimum absolute atomic E-state index is 0.321. The number of hydrogen-bond donors (Lipinski definition) is 1. The average molecular weight is 221 g/mol. The molecule has 82 valence electrons. The maximum Gasteiger partial charge on any atom is 0.0583 e. The van der Waals surface area contributed by atoms with Crippen LogP contribution in [0.5, 0.6) is 0 Å². The Morgan fingerprint density at radius 1 is 1.47 bits per heavy atom. The summed E-state index contributed by atoms with van der Waals surface area (Å²) in [7, 11) is 0. The highest BCUT2D eigenvalue weighted by molar-refractivity contribution is 7.10. The molecule has 1 aliphatic heterocycles. The molecule has 1 aromatic rings. The lowest BCUT2D eigenvalue weighted by molar-refractivity contribution is 0.196. The normalized spacial score (nSPS) is 30.6. The predicted octanol–water partition coefficient (Wildman–Crippen LogP) is 3.16. The quantitative estimate of drug-likeness (QED) is 0.809. The van der Waals surface area contributed by atoms with Gasteiger partial charge in [0, 0.05) is 11.4 Å². The maximum atomic E-state index is 3.85. The van der Waals surface area contributed by atoms with Crippen molar-refractivity contribution >= 4 is 11.3 Å². The third-order valence-corrected chi connectivity index (χ3v) is 5.17. The van der Waals surface area contributed by atoms with Crippen molar-refractivity contribution in [3.05, 3.63) is 21.9 Å². The molecule has 0 amide bonds. The van der Waals surface area contributed by atoms with Crippen LogP contribution in [0.1, 0.15) is 37.1 Å². The van der Waals surface area contributed by atoms with Crippen LogP contribution in [0.3, 0.4) is 0 Å². The van der Waals surface area contributed by atoms with E-state index in [4.69, 9.17) is 0 Å². The summed E-state index contributed by atoms with van der Waals surface area (Å²) >= 11 is 1.97. The van der Waals surface area contributed by atoms with Gasteiger partial charge in [0.25, 0.3) is 0 Å². The number of nitrogens with one attached hydrogen (secondary N) is 1. The maximum absolute atomic E-state index is 3.85. The Balaban J connectivity index is 2.10. The zero-order valence-electron chi connectivity index (χ0n) is 9.55. The van der Waals surface area contributed by atoms with E-state index in [1.807, 2.05) is 11.3 Å². The van der Waals surface area contributed by atoms with Gasteiger partial charge in [-0.25, -0.2) is 0 Å². The first-order valence-corrected chi connectivity index (χ1v) is 6.95. The molecular weight excluding hydrogens is 202 g/mol. The van der Waals surface area contributed by atoms with Crippen LogP contribution in [0.15, 0.2) is 11.4 Å². The second kappa shape index (κ2) is 3.33. The number of fused-ring (bicyclic) bond motifs is 1. The van der Waals surface area contributed by atoms with E-state index in [9.17, 15) is 0 Å². The van der Waals surface area contributed by atoms with Crippen molar-refractivity contribution < 1.29 is 0 Å². The minimum atomic E-state index is 0.321. The highest BCUT2D eigenvalue weighted by atomic mass is 32.1. The molecule has 0 radical (unpaired) electrons. The van der Waals surface area contributed by atoms with Gasteiger partial charge in [-0.05, 0) is 48.1 Å². The largest absolute Gasteiger partial charge is 0.306 e. The SMILES string of the molecule is CC(C)C1(C2CC2)NCCc2ccsc21. The Bertz CT molecular complexity index is 360. The summed E-state index contributed by atoms with van der Waals surface area (Å²) in [5, 5.41) is 6.12. The van der Waals surface area contributed by atoms with Gasteiger partial charge < -0.3 is 5.32 Å². The van der Waals surface area contributed by atoms with Crippen molar-refractivity contribution in [2.24, 2.45) is 11.8 Å². The molecule has 1 atom stereocenters. The molecule has 0 aromatic carbocycles. The van der Waals surface area contributed by atoms with Crippen molar-refractivity contribution in [2.75, 3.05) is 6.54 Å². The van der Waals surface area contributed by atoms with Crippen molar-refractivity contribution in [1.29, 1.82) is 0 Å². The molecule has 0 saturated heterocycles. The second-order valence-electron chi connectivity index (χ2n) is 5.25. The fraction of sp³-hybridized carbons (Fsp3) is 0.692. The highest BCUT2D eigenvalue weighted by Crippen LogP contribution is 2.53. The standard InChI is InChI=1S/C13H19NS/c1-9(2)13(11-3-4-11)12-10(5-7-14-13)6-8-15-12/h6,8-9,11,14H,3-5,7H2,1-2H3. The number of hydrogen-bond acceptors (Lipinski definition) is 2. The Kier molecular flexibility index (Phi) is 2.18. The minimum Gasteiger partial charge on any atom is -0.306 e. The van der Waals surface area contributed by atoms with E-state index < -0.39 is 0 Å². The van der Waals surface area contributed by atoms with Gasteiger partial charge >= 0.3 is 0 Å². The third-order valence-electron chi connectivity index (χ3n) is 4.07. The molecule has 1 aromatic heterocycles. The van der Waals surface area contributed by atoms with Crippen LogP contribution in [0.2, 0.25) is 0 Å². The average Bonchev–Trinajstić information content (AvgIpc) is 2.95. The molecule has 1 saturated carbocycles. The fourth-order valence-corrected chi connectivity index (χ4v) is 4.55. The topological polar surface area (TPSA) is 12.0 Å². The lowest BCUT2D eigenvalue weighted by Gasteiger charge is -2.42. The Morgan fingerprint density at radius 3 is 2.93 bits per heavy atom. The number of rotatable bonds is 2. The smallest absolute Gasteiger partial charge is 0.0583 e. The van der Waals surface area contributed by atoms with E-state index in [1.54, 1.807) is 10.4 Å². The van der Waals surface area contributed by atoms with Crippen molar-refractivity contribution in [1.82, 2.24) is 5.32 Å². The van der Waals surface area contributed by atoms with E-state index in [-0.39, 0.29) is 0 Å². The van der Waals surface area contributed by atoms with Gasteiger partial charge in [-0.15, -0.1) is 11.3 Å². The Labute approximate surface area is 95.9 Å². The molecule has 0 spiro atoms. The summed E-state index contributed by atoms with van der Waals surface area (Å²) < 4.78 is 0. The van der Waals surface area contributed by atoms with Gasteiger partial charge in [0.05, 0.1) is 5.54 Å². The summed E-state index contributed by atoms with van der Waals surface area (Å²) in [6, 6.07) is 2.33. The number of thiophene rings is 1. The molecule has 0 bridgehead atoms. The van der Waals surface area contributed by atoms with Crippen LogP contribution in [0, 0.1) is 11.8 Å². The van der Waals surface area contributed by atoms with Gasteiger partial charge in [0.1, 0.15) is 0 Å². The van der Waals surface area contributed by atoms with E-state index in [0.717, 1.165) is 5.92 Å². The van der Waals surface area contributed by atoms with Gasteiger partial charge in [0.2, 0.25) is 0 Å². The van der Waals surface area contributed by atoms with E-state index >= 15 is 0 Å². The first-order chi connectivity index (χ1) is 7.25. The third kappa shape index (κ3) is 1.31.